The molecule has 0 radical (unpaired) electrons. The molecule has 2 saturated carbocycles. The molecule has 0 aliphatic heterocycles. The van der Waals surface area contributed by atoms with Gasteiger partial charge in [0.15, 0.2) is 0 Å². The Kier molecular flexibility index (Phi) is 6.39. The minimum atomic E-state index is 0. The average molecular weight is 202 g/mol. The van der Waals surface area contributed by atoms with Crippen LogP contribution >= 0.6 is 0 Å². The maximum Gasteiger partial charge on any atom is -0.0297 e. The highest BCUT2D eigenvalue weighted by Gasteiger charge is 2.35. The zero-order valence-electron chi connectivity index (χ0n) is 10.1. The van der Waals surface area contributed by atoms with E-state index in [1.165, 1.54) is 25.7 Å². The van der Waals surface area contributed by atoms with E-state index in [9.17, 15) is 0 Å². The molecule has 0 amide bonds. The lowest BCUT2D eigenvalue weighted by atomic mass is 9.85. The number of hydrogen-bond acceptors (Lipinski definition) is 0. The van der Waals surface area contributed by atoms with Gasteiger partial charge in [-0.15, -0.1) is 0 Å². The van der Waals surface area contributed by atoms with Crippen molar-refractivity contribution < 1.29 is 4.70 Å². The number of rotatable bonds is 0. The molecule has 2 rings (SSSR count). The molecule has 0 aromatic heterocycles. The van der Waals surface area contributed by atoms with Crippen LogP contribution in [0.5, 0.6) is 0 Å². The van der Waals surface area contributed by atoms with E-state index in [-0.39, 0.29) is 4.70 Å². The summed E-state index contributed by atoms with van der Waals surface area (Å²) in [6.45, 7) is 6.50. The third-order valence-corrected chi connectivity index (χ3v) is 3.33. The summed E-state index contributed by atoms with van der Waals surface area (Å²) in [5.74, 6) is 0.833. The molecule has 1 heteroatoms. The maximum absolute atomic E-state index is 2.17. The number of halogens is 1. The van der Waals surface area contributed by atoms with Crippen molar-refractivity contribution in [3.63, 3.8) is 0 Å². The van der Waals surface area contributed by atoms with Gasteiger partial charge in [-0.3, -0.25) is 4.70 Å². The van der Waals surface area contributed by atoms with Crippen molar-refractivity contribution in [3.05, 3.63) is 0 Å². The quantitative estimate of drug-likeness (QED) is 0.522. The van der Waals surface area contributed by atoms with Crippen molar-refractivity contribution >= 4 is 0 Å². The maximum atomic E-state index is 2.17. The van der Waals surface area contributed by atoms with Crippen molar-refractivity contribution in [1.29, 1.82) is 0 Å². The van der Waals surface area contributed by atoms with Gasteiger partial charge < -0.3 is 0 Å². The lowest BCUT2D eigenvalue weighted by molar-refractivity contribution is 0.309. The molecule has 0 aromatic rings. The van der Waals surface area contributed by atoms with Gasteiger partial charge in [-0.2, -0.15) is 0 Å². The van der Waals surface area contributed by atoms with Crippen LogP contribution in [0, 0.1) is 11.3 Å². The van der Waals surface area contributed by atoms with Crippen LogP contribution in [0.2, 0.25) is 0 Å². The molecule has 0 atom stereocenters. The van der Waals surface area contributed by atoms with Gasteiger partial charge in [0.05, 0.1) is 0 Å². The molecule has 0 N–H and O–H groups in total. The summed E-state index contributed by atoms with van der Waals surface area (Å²) < 4.78 is 0. The van der Waals surface area contributed by atoms with Crippen LogP contribution in [0.1, 0.15) is 72.1 Å². The topological polar surface area (TPSA) is 0 Å². The first kappa shape index (κ1) is 13.9. The van der Waals surface area contributed by atoms with Crippen LogP contribution in [-0.2, 0) is 0 Å². The van der Waals surface area contributed by atoms with E-state index < -0.39 is 0 Å². The van der Waals surface area contributed by atoms with Gasteiger partial charge in [0.2, 0.25) is 0 Å². The van der Waals surface area contributed by atoms with Gasteiger partial charge >= 0.3 is 0 Å². The van der Waals surface area contributed by atoms with Crippen LogP contribution in [0.3, 0.4) is 0 Å². The SMILES string of the molecule is C1CCC2(C1)CCCC2.CC(C)C.F. The summed E-state index contributed by atoms with van der Waals surface area (Å²) in [7, 11) is 0. The van der Waals surface area contributed by atoms with Gasteiger partial charge in [0, 0.05) is 0 Å². The van der Waals surface area contributed by atoms with Gasteiger partial charge in [-0.05, 0) is 37.0 Å². The first-order valence-electron chi connectivity index (χ1n) is 6.15. The molecule has 0 bridgehead atoms. The Balaban J connectivity index is 0.000000299. The average Bonchev–Trinajstić information content (AvgIpc) is 2.63. The lowest BCUT2D eigenvalue weighted by Crippen LogP contribution is -2.08. The third-order valence-electron chi connectivity index (χ3n) is 3.33. The van der Waals surface area contributed by atoms with E-state index in [1.54, 1.807) is 25.7 Å². The third kappa shape index (κ3) is 4.43. The second kappa shape index (κ2) is 6.42. The molecule has 0 aromatic carbocycles. The molecule has 0 heterocycles. The minimum absolute atomic E-state index is 0. The van der Waals surface area contributed by atoms with E-state index >= 15 is 0 Å². The fraction of sp³-hybridized carbons (Fsp3) is 1.00. The molecule has 14 heavy (non-hydrogen) atoms. The van der Waals surface area contributed by atoms with Crippen LogP contribution in [0.25, 0.3) is 0 Å². The van der Waals surface area contributed by atoms with E-state index in [4.69, 9.17) is 0 Å². The Morgan fingerprint density at radius 3 is 1.14 bits per heavy atom. The van der Waals surface area contributed by atoms with Gasteiger partial charge in [-0.25, -0.2) is 0 Å². The summed E-state index contributed by atoms with van der Waals surface area (Å²) in [5, 5.41) is 0. The van der Waals surface area contributed by atoms with Gasteiger partial charge in [-0.1, -0.05) is 46.5 Å². The normalized spacial score (nSPS) is 23.1. The summed E-state index contributed by atoms with van der Waals surface area (Å²) in [6.07, 6.45) is 12.4. The predicted octanol–water partition coefficient (Wildman–Crippen LogP) is 4.94. The van der Waals surface area contributed by atoms with Crippen LogP contribution < -0.4 is 0 Å². The van der Waals surface area contributed by atoms with E-state index in [0.717, 1.165) is 11.3 Å². The Hall–Kier alpha value is -0.0700. The second-order valence-electron chi connectivity index (χ2n) is 5.65. The molecule has 0 saturated heterocycles. The monoisotopic (exact) mass is 202 g/mol. The first-order valence-corrected chi connectivity index (χ1v) is 6.15. The highest BCUT2D eigenvalue weighted by molar-refractivity contribution is 4.88. The lowest BCUT2D eigenvalue weighted by Gasteiger charge is -2.20. The Labute approximate surface area is 88.8 Å². The summed E-state index contributed by atoms with van der Waals surface area (Å²) in [4.78, 5) is 0. The summed E-state index contributed by atoms with van der Waals surface area (Å²) >= 11 is 0. The van der Waals surface area contributed by atoms with Crippen molar-refractivity contribution in [3.8, 4) is 0 Å². The Bertz CT molecular complexity index is 108. The molecule has 86 valence electrons. The van der Waals surface area contributed by atoms with E-state index in [2.05, 4.69) is 20.8 Å². The predicted molar refractivity (Wildman–Crippen MR) is 62.4 cm³/mol. The molecule has 2 aliphatic carbocycles. The molecule has 0 unspecified atom stereocenters. The Morgan fingerprint density at radius 2 is 0.929 bits per heavy atom. The van der Waals surface area contributed by atoms with E-state index in [1.807, 2.05) is 0 Å². The first-order chi connectivity index (χ1) is 6.15. The molecule has 2 aliphatic rings. The minimum Gasteiger partial charge on any atom is -0.269 e. The van der Waals surface area contributed by atoms with Crippen molar-refractivity contribution in [2.75, 3.05) is 0 Å². The summed E-state index contributed by atoms with van der Waals surface area (Å²) in [5.41, 5.74) is 0.889. The number of hydrogen-bond donors (Lipinski definition) is 0. The van der Waals surface area contributed by atoms with Gasteiger partial charge in [0.1, 0.15) is 0 Å². The largest absolute Gasteiger partial charge is 0.269 e. The zero-order chi connectivity index (χ0) is 9.73. The summed E-state index contributed by atoms with van der Waals surface area (Å²) in [6, 6.07) is 0. The smallest absolute Gasteiger partial charge is 0.0297 e. The van der Waals surface area contributed by atoms with Crippen molar-refractivity contribution in [1.82, 2.24) is 0 Å². The van der Waals surface area contributed by atoms with Crippen LogP contribution in [0.15, 0.2) is 0 Å². The highest BCUT2D eigenvalue weighted by atomic mass is 19.0. The van der Waals surface area contributed by atoms with Crippen molar-refractivity contribution in [2.45, 2.75) is 72.1 Å². The Morgan fingerprint density at radius 1 is 0.714 bits per heavy atom. The molecule has 0 nitrogen and oxygen atoms in total. The van der Waals surface area contributed by atoms with Crippen LogP contribution in [0.4, 0.5) is 4.70 Å². The molecule has 1 spiro atoms. The molecular weight excluding hydrogens is 175 g/mol. The fourth-order valence-electron chi connectivity index (χ4n) is 2.75. The molecule has 2 fully saturated rings. The zero-order valence-corrected chi connectivity index (χ0v) is 10.1. The van der Waals surface area contributed by atoms with Gasteiger partial charge in [0.25, 0.3) is 0 Å². The van der Waals surface area contributed by atoms with Crippen LogP contribution in [-0.4, -0.2) is 0 Å². The standard InChI is InChI=1S/C9H16.C4H10.FH/c1-2-6-9(5-1)7-3-4-8-9;1-4(2)3;/h1-8H2;4H,1-3H3;1H. The fourth-order valence-corrected chi connectivity index (χ4v) is 2.75. The second-order valence-corrected chi connectivity index (χ2v) is 5.65. The molecular formula is C13H27F. The van der Waals surface area contributed by atoms with Crippen molar-refractivity contribution in [2.24, 2.45) is 11.3 Å². The highest BCUT2D eigenvalue weighted by Crippen LogP contribution is 2.50. The van der Waals surface area contributed by atoms with E-state index in [0.29, 0.717) is 0 Å².